The lowest BCUT2D eigenvalue weighted by Crippen LogP contribution is -2.31. The van der Waals surface area contributed by atoms with Crippen molar-refractivity contribution < 1.29 is 28.5 Å². The molecule has 1 rings (SSSR count). The Bertz CT molecular complexity index is 424. The van der Waals surface area contributed by atoms with Crippen LogP contribution >= 0.6 is 0 Å². The summed E-state index contributed by atoms with van der Waals surface area (Å²) >= 11 is 0. The molecule has 0 aliphatic carbocycles. The van der Waals surface area contributed by atoms with E-state index in [1.54, 1.807) is 24.3 Å². The summed E-state index contributed by atoms with van der Waals surface area (Å²) in [6, 6.07) is 6.75. The fraction of sp³-hybridized carbons (Fsp3) is 0.333. The topological polar surface area (TPSA) is 147 Å². The van der Waals surface area contributed by atoms with Crippen LogP contribution in [0.15, 0.2) is 24.3 Å². The molecule has 0 aliphatic rings. The molecule has 0 saturated carbocycles. The lowest BCUT2D eigenvalue weighted by molar-refractivity contribution is 0.124. The van der Waals surface area contributed by atoms with Crippen molar-refractivity contribution in [2.75, 3.05) is 26.4 Å². The Morgan fingerprint density at radius 2 is 1.14 bits per heavy atom. The second kappa shape index (κ2) is 10.1. The van der Waals surface area contributed by atoms with E-state index in [4.69, 9.17) is 21.2 Å². The van der Waals surface area contributed by atoms with Crippen LogP contribution < -0.4 is 32.0 Å². The smallest absolute Gasteiger partial charge is 0.421 e. The van der Waals surface area contributed by atoms with Crippen LogP contribution in [-0.4, -0.2) is 38.6 Å². The first kappa shape index (κ1) is 17.3. The maximum absolute atomic E-state index is 10.7. The predicted molar refractivity (Wildman–Crippen MR) is 74.8 cm³/mol. The first-order valence-corrected chi connectivity index (χ1v) is 6.28. The third-order valence-electron chi connectivity index (χ3n) is 2.23. The van der Waals surface area contributed by atoms with E-state index in [0.717, 1.165) is 0 Å². The number of hydrazine groups is 2. The predicted octanol–water partition coefficient (Wildman–Crippen LogP) is -0.356. The first-order valence-electron chi connectivity index (χ1n) is 6.28. The normalized spacial score (nSPS) is 9.55. The van der Waals surface area contributed by atoms with Gasteiger partial charge in [0.2, 0.25) is 0 Å². The minimum atomic E-state index is -0.724. The number of nitrogens with two attached hydrogens (primary N) is 2. The van der Waals surface area contributed by atoms with Gasteiger partial charge in [-0.1, -0.05) is 0 Å². The number of nitrogens with one attached hydrogen (secondary N) is 2. The van der Waals surface area contributed by atoms with Crippen molar-refractivity contribution in [3.05, 3.63) is 24.3 Å². The van der Waals surface area contributed by atoms with Crippen LogP contribution in [0.4, 0.5) is 9.59 Å². The summed E-state index contributed by atoms with van der Waals surface area (Å²) in [4.78, 5) is 21.4. The Labute approximate surface area is 126 Å². The van der Waals surface area contributed by atoms with Gasteiger partial charge in [0, 0.05) is 0 Å². The Morgan fingerprint density at radius 3 is 1.45 bits per heavy atom. The average Bonchev–Trinajstić information content (AvgIpc) is 2.56. The molecule has 1 aromatic carbocycles. The van der Waals surface area contributed by atoms with E-state index in [9.17, 15) is 9.59 Å². The highest BCUT2D eigenvalue weighted by atomic mass is 16.6. The van der Waals surface area contributed by atoms with Crippen molar-refractivity contribution in [2.24, 2.45) is 11.7 Å². The minimum Gasteiger partial charge on any atom is -0.490 e. The Balaban J connectivity index is 2.19. The molecule has 0 aliphatic heterocycles. The van der Waals surface area contributed by atoms with Crippen molar-refractivity contribution in [1.82, 2.24) is 10.9 Å². The van der Waals surface area contributed by atoms with Gasteiger partial charge in [-0.3, -0.25) is 10.9 Å². The number of hydrogen-bond donors (Lipinski definition) is 4. The Kier molecular flexibility index (Phi) is 7.93. The van der Waals surface area contributed by atoms with Gasteiger partial charge in [-0.25, -0.2) is 21.3 Å². The molecule has 0 fully saturated rings. The van der Waals surface area contributed by atoms with Gasteiger partial charge in [0.25, 0.3) is 0 Å². The highest BCUT2D eigenvalue weighted by Crippen LogP contribution is 2.17. The first-order chi connectivity index (χ1) is 10.7. The molecule has 10 heteroatoms. The van der Waals surface area contributed by atoms with Gasteiger partial charge in [-0.05, 0) is 24.3 Å². The van der Waals surface area contributed by atoms with Gasteiger partial charge >= 0.3 is 12.2 Å². The number of amides is 2. The monoisotopic (exact) mass is 314 g/mol. The lowest BCUT2D eigenvalue weighted by Gasteiger charge is -2.09. The summed E-state index contributed by atoms with van der Waals surface area (Å²) in [6.07, 6.45) is -1.45. The molecule has 0 radical (unpaired) electrons. The number of ether oxygens (including phenoxy) is 4. The van der Waals surface area contributed by atoms with E-state index in [0.29, 0.717) is 11.5 Å². The molecule has 0 spiro atoms. The van der Waals surface area contributed by atoms with Gasteiger partial charge in [0.15, 0.2) is 0 Å². The zero-order chi connectivity index (χ0) is 16.2. The van der Waals surface area contributed by atoms with Gasteiger partial charge in [-0.15, -0.1) is 0 Å². The van der Waals surface area contributed by atoms with Crippen molar-refractivity contribution in [3.63, 3.8) is 0 Å². The SMILES string of the molecule is NNC(=O)OCCOc1ccc(OCCOC(=O)NN)cc1. The fourth-order valence-electron chi connectivity index (χ4n) is 1.30. The molecule has 0 heterocycles. The molecule has 10 nitrogen and oxygen atoms in total. The Morgan fingerprint density at radius 1 is 0.773 bits per heavy atom. The van der Waals surface area contributed by atoms with E-state index in [1.807, 2.05) is 10.9 Å². The maximum atomic E-state index is 10.7. The van der Waals surface area contributed by atoms with Crippen LogP contribution in [0, 0.1) is 0 Å². The largest absolute Gasteiger partial charge is 0.490 e. The number of rotatable bonds is 8. The quantitative estimate of drug-likeness (QED) is 0.220. The van der Waals surface area contributed by atoms with Gasteiger partial charge < -0.3 is 18.9 Å². The summed E-state index contributed by atoms with van der Waals surface area (Å²) < 4.78 is 20.0. The number of carbonyl (C=O) groups is 2. The average molecular weight is 314 g/mol. The summed E-state index contributed by atoms with van der Waals surface area (Å²) in [6.45, 7) is 0.523. The Hall–Kier alpha value is -2.72. The number of carbonyl (C=O) groups excluding carboxylic acids is 2. The third-order valence-corrected chi connectivity index (χ3v) is 2.23. The minimum absolute atomic E-state index is 0.0713. The van der Waals surface area contributed by atoms with Crippen LogP contribution in [0.1, 0.15) is 0 Å². The second-order valence-electron chi connectivity index (χ2n) is 3.73. The van der Waals surface area contributed by atoms with Crippen LogP contribution in [0.5, 0.6) is 11.5 Å². The molecule has 2 amide bonds. The van der Waals surface area contributed by atoms with Crippen molar-refractivity contribution >= 4 is 12.2 Å². The van der Waals surface area contributed by atoms with E-state index in [2.05, 4.69) is 9.47 Å². The van der Waals surface area contributed by atoms with Gasteiger partial charge in [0.1, 0.15) is 37.9 Å². The molecule has 122 valence electrons. The molecule has 0 atom stereocenters. The molecule has 6 N–H and O–H groups in total. The molecule has 1 aromatic rings. The highest BCUT2D eigenvalue weighted by molar-refractivity contribution is 5.66. The molecule has 0 saturated heterocycles. The van der Waals surface area contributed by atoms with Crippen molar-refractivity contribution in [1.29, 1.82) is 0 Å². The van der Waals surface area contributed by atoms with Crippen molar-refractivity contribution in [3.8, 4) is 11.5 Å². The summed E-state index contributed by atoms with van der Waals surface area (Å²) in [5.41, 5.74) is 3.66. The zero-order valence-electron chi connectivity index (χ0n) is 11.7. The van der Waals surface area contributed by atoms with Crippen molar-refractivity contribution in [2.45, 2.75) is 0 Å². The van der Waals surface area contributed by atoms with Crippen LogP contribution in [0.3, 0.4) is 0 Å². The number of hydrogen-bond acceptors (Lipinski definition) is 8. The zero-order valence-corrected chi connectivity index (χ0v) is 11.7. The molecular weight excluding hydrogens is 296 g/mol. The molecule has 0 unspecified atom stereocenters. The van der Waals surface area contributed by atoms with Crippen LogP contribution in [-0.2, 0) is 9.47 Å². The molecule has 0 aromatic heterocycles. The second-order valence-corrected chi connectivity index (χ2v) is 3.73. The summed E-state index contributed by atoms with van der Waals surface area (Å²) in [5.74, 6) is 10.9. The van der Waals surface area contributed by atoms with E-state index in [-0.39, 0.29) is 26.4 Å². The lowest BCUT2D eigenvalue weighted by atomic mass is 10.3. The maximum Gasteiger partial charge on any atom is 0.421 e. The summed E-state index contributed by atoms with van der Waals surface area (Å²) in [5, 5.41) is 0. The summed E-state index contributed by atoms with van der Waals surface area (Å²) in [7, 11) is 0. The number of benzene rings is 1. The van der Waals surface area contributed by atoms with E-state index in [1.165, 1.54) is 0 Å². The van der Waals surface area contributed by atoms with Crippen LogP contribution in [0.25, 0.3) is 0 Å². The van der Waals surface area contributed by atoms with Gasteiger partial charge in [0.05, 0.1) is 0 Å². The molecular formula is C12H18N4O6. The molecule has 22 heavy (non-hydrogen) atoms. The standard InChI is InChI=1S/C12H18N4O6/c13-15-11(17)21-7-5-19-9-1-2-10(4-3-9)20-6-8-22-12(18)16-14/h1-4H,5-8,13-14H2,(H,15,17)(H,16,18). The third kappa shape index (κ3) is 7.17. The van der Waals surface area contributed by atoms with Crippen LogP contribution in [0.2, 0.25) is 0 Å². The molecule has 0 bridgehead atoms. The van der Waals surface area contributed by atoms with Gasteiger partial charge in [-0.2, -0.15) is 0 Å². The van der Waals surface area contributed by atoms with E-state index >= 15 is 0 Å². The highest BCUT2D eigenvalue weighted by Gasteiger charge is 2.01. The fourth-order valence-corrected chi connectivity index (χ4v) is 1.30. The van der Waals surface area contributed by atoms with E-state index < -0.39 is 12.2 Å².